The molecule has 1 aliphatic rings. The maximum Gasteiger partial charge on any atom is 0.290 e. The number of carbonyl (C=O) groups excluding carboxylic acids is 2. The Morgan fingerprint density at radius 3 is 2.57 bits per heavy atom. The van der Waals surface area contributed by atoms with Crippen molar-refractivity contribution >= 4 is 28.5 Å². The number of rotatable bonds is 4. The number of benzene rings is 2. The summed E-state index contributed by atoms with van der Waals surface area (Å²) in [6.45, 7) is 2.70. The molecule has 142 valence electrons. The van der Waals surface area contributed by atoms with Crippen LogP contribution >= 0.6 is 0 Å². The monoisotopic (exact) mass is 376 g/mol. The van der Waals surface area contributed by atoms with E-state index in [0.29, 0.717) is 30.5 Å². The van der Waals surface area contributed by atoms with Gasteiger partial charge in [-0.2, -0.15) is 0 Å². The predicted molar refractivity (Wildman–Crippen MR) is 106 cm³/mol. The van der Waals surface area contributed by atoms with Gasteiger partial charge in [0.2, 0.25) is 5.91 Å². The summed E-state index contributed by atoms with van der Waals surface area (Å²) < 4.78 is 5.68. The largest absolute Gasteiger partial charge is 0.451 e. The van der Waals surface area contributed by atoms with Crippen LogP contribution in [-0.2, 0) is 4.79 Å². The van der Waals surface area contributed by atoms with E-state index in [1.54, 1.807) is 29.2 Å². The average molecular weight is 376 g/mol. The van der Waals surface area contributed by atoms with Crippen LogP contribution in [0.1, 0.15) is 23.9 Å². The summed E-state index contributed by atoms with van der Waals surface area (Å²) in [6, 6.07) is 16.8. The fourth-order valence-corrected chi connectivity index (χ4v) is 3.67. The molecule has 0 N–H and O–H groups in total. The quantitative estimate of drug-likeness (QED) is 0.702. The molecule has 6 nitrogen and oxygen atoms in total. The number of hydrogen-bond donors (Lipinski definition) is 0. The molecule has 2 amide bonds. The van der Waals surface area contributed by atoms with Gasteiger partial charge >= 0.3 is 0 Å². The van der Waals surface area contributed by atoms with Crippen molar-refractivity contribution < 1.29 is 14.0 Å². The molecule has 0 radical (unpaired) electrons. The summed E-state index contributed by atoms with van der Waals surface area (Å²) in [5.74, 6) is -0.611. The maximum absolute atomic E-state index is 13.1. The van der Waals surface area contributed by atoms with Gasteiger partial charge in [0.25, 0.3) is 5.91 Å². The summed E-state index contributed by atoms with van der Waals surface area (Å²) in [6.07, 6.45) is 0.533. The van der Waals surface area contributed by atoms with Crippen LogP contribution in [0.4, 0.5) is 5.69 Å². The maximum atomic E-state index is 13.1. The minimum Gasteiger partial charge on any atom is -0.451 e. The van der Waals surface area contributed by atoms with Crippen LogP contribution in [0, 0.1) is 0 Å². The van der Waals surface area contributed by atoms with Gasteiger partial charge in [-0.3, -0.25) is 14.4 Å². The highest BCUT2D eigenvalue weighted by Crippen LogP contribution is 2.25. The van der Waals surface area contributed by atoms with Gasteiger partial charge in [-0.05, 0) is 37.6 Å². The second kappa shape index (κ2) is 7.31. The lowest BCUT2D eigenvalue weighted by Crippen LogP contribution is -2.45. The lowest BCUT2D eigenvalue weighted by Gasteiger charge is -2.26. The van der Waals surface area contributed by atoms with Crippen LogP contribution in [0.5, 0.6) is 0 Å². The molecule has 3 aromatic rings. The molecule has 1 atom stereocenters. The normalized spacial score (nSPS) is 16.5. The topological polar surface area (TPSA) is 70.8 Å². The van der Waals surface area contributed by atoms with Gasteiger partial charge in [-0.1, -0.05) is 30.3 Å². The Bertz CT molecular complexity index is 1090. The van der Waals surface area contributed by atoms with E-state index >= 15 is 0 Å². The van der Waals surface area contributed by atoms with E-state index in [4.69, 9.17) is 4.42 Å². The molecule has 0 saturated carbocycles. The fraction of sp³-hybridized carbons (Fsp3) is 0.227. The van der Waals surface area contributed by atoms with Crippen LogP contribution in [-0.4, -0.2) is 35.8 Å². The third-order valence-electron chi connectivity index (χ3n) is 5.07. The van der Waals surface area contributed by atoms with Crippen molar-refractivity contribution in [1.82, 2.24) is 4.90 Å². The van der Waals surface area contributed by atoms with Crippen molar-refractivity contribution in [3.05, 3.63) is 76.6 Å². The minimum atomic E-state index is -0.575. The zero-order chi connectivity index (χ0) is 19.7. The Labute approximate surface area is 162 Å². The average Bonchev–Trinajstić information content (AvgIpc) is 3.10. The lowest BCUT2D eigenvalue weighted by molar-refractivity contribution is -0.121. The highest BCUT2D eigenvalue weighted by Gasteiger charge is 2.39. The highest BCUT2D eigenvalue weighted by atomic mass is 16.3. The highest BCUT2D eigenvalue weighted by molar-refractivity contribution is 6.03. The molecule has 2 heterocycles. The van der Waals surface area contributed by atoms with Crippen LogP contribution in [0.3, 0.4) is 0 Å². The van der Waals surface area contributed by atoms with Gasteiger partial charge in [0.05, 0.1) is 5.39 Å². The molecule has 28 heavy (non-hydrogen) atoms. The first kappa shape index (κ1) is 18.0. The molecule has 4 rings (SSSR count). The molecule has 1 aromatic heterocycles. The Hall–Kier alpha value is -3.41. The SMILES string of the molecule is CCN(C(=O)c1cc(=O)c2ccccc2o1)C1CCN(c2ccccc2)C1=O. The molecule has 6 heteroatoms. The fourth-order valence-electron chi connectivity index (χ4n) is 3.67. The Morgan fingerprint density at radius 1 is 1.11 bits per heavy atom. The number of hydrogen-bond acceptors (Lipinski definition) is 4. The number of fused-ring (bicyclic) bond motifs is 1. The second-order valence-corrected chi connectivity index (χ2v) is 6.69. The molecule has 0 aliphatic carbocycles. The second-order valence-electron chi connectivity index (χ2n) is 6.69. The molecule has 1 aliphatic heterocycles. The molecular formula is C22H20N2O4. The van der Waals surface area contributed by atoms with Crippen molar-refractivity contribution in [1.29, 1.82) is 0 Å². The molecule has 0 bridgehead atoms. The third-order valence-corrected chi connectivity index (χ3v) is 5.07. The number of para-hydroxylation sites is 2. The Morgan fingerprint density at radius 2 is 1.82 bits per heavy atom. The van der Waals surface area contributed by atoms with Crippen molar-refractivity contribution in [2.75, 3.05) is 18.0 Å². The van der Waals surface area contributed by atoms with Crippen molar-refractivity contribution in [2.45, 2.75) is 19.4 Å². The lowest BCUT2D eigenvalue weighted by atomic mass is 10.1. The number of amides is 2. The van der Waals surface area contributed by atoms with Crippen LogP contribution in [0.2, 0.25) is 0 Å². The van der Waals surface area contributed by atoms with Gasteiger partial charge < -0.3 is 14.2 Å². The third kappa shape index (κ3) is 3.07. The molecular weight excluding hydrogens is 356 g/mol. The summed E-state index contributed by atoms with van der Waals surface area (Å²) >= 11 is 0. The number of carbonyl (C=O) groups is 2. The van der Waals surface area contributed by atoms with Gasteiger partial charge in [0.1, 0.15) is 11.6 Å². The molecule has 0 spiro atoms. The van der Waals surface area contributed by atoms with Gasteiger partial charge in [0.15, 0.2) is 11.2 Å². The molecule has 1 fully saturated rings. The summed E-state index contributed by atoms with van der Waals surface area (Å²) in [5, 5.41) is 0.425. The van der Waals surface area contributed by atoms with Crippen molar-refractivity contribution in [2.24, 2.45) is 0 Å². The van der Waals surface area contributed by atoms with E-state index in [-0.39, 0.29) is 17.1 Å². The number of anilines is 1. The number of likely N-dealkylation sites (N-methyl/N-ethyl adjacent to an activating group) is 1. The van der Waals surface area contributed by atoms with E-state index < -0.39 is 11.9 Å². The first-order valence-electron chi connectivity index (χ1n) is 9.30. The van der Waals surface area contributed by atoms with Gasteiger partial charge in [-0.15, -0.1) is 0 Å². The molecule has 1 unspecified atom stereocenters. The summed E-state index contributed by atoms with van der Waals surface area (Å²) in [5.41, 5.74) is 0.902. The smallest absolute Gasteiger partial charge is 0.290 e. The van der Waals surface area contributed by atoms with Crippen LogP contribution in [0.15, 0.2) is 69.9 Å². The van der Waals surface area contributed by atoms with Crippen LogP contribution < -0.4 is 10.3 Å². The van der Waals surface area contributed by atoms with E-state index in [2.05, 4.69) is 0 Å². The van der Waals surface area contributed by atoms with E-state index in [9.17, 15) is 14.4 Å². The first-order chi connectivity index (χ1) is 13.6. The van der Waals surface area contributed by atoms with E-state index in [1.807, 2.05) is 37.3 Å². The standard InChI is InChI=1S/C22H20N2O4/c1-2-23(17-12-13-24(21(17)26)15-8-4-3-5-9-15)22(27)20-14-18(25)16-10-6-7-11-19(16)28-20/h3-11,14,17H,2,12-13H2,1H3. The minimum absolute atomic E-state index is 0.0449. The zero-order valence-electron chi connectivity index (χ0n) is 15.5. The molecule has 1 saturated heterocycles. The number of nitrogens with zero attached hydrogens (tertiary/aromatic N) is 2. The predicted octanol–water partition coefficient (Wildman–Crippen LogP) is 3.06. The van der Waals surface area contributed by atoms with E-state index in [0.717, 1.165) is 5.69 Å². The van der Waals surface area contributed by atoms with Crippen molar-refractivity contribution in [3.63, 3.8) is 0 Å². The van der Waals surface area contributed by atoms with Gasteiger partial charge in [0, 0.05) is 24.8 Å². The summed E-state index contributed by atoms with van der Waals surface area (Å²) in [4.78, 5) is 41.5. The Kier molecular flexibility index (Phi) is 4.69. The molecule has 2 aromatic carbocycles. The zero-order valence-corrected chi connectivity index (χ0v) is 15.5. The first-order valence-corrected chi connectivity index (χ1v) is 9.30. The Balaban J connectivity index is 1.63. The van der Waals surface area contributed by atoms with Gasteiger partial charge in [-0.25, -0.2) is 0 Å². The summed E-state index contributed by atoms with van der Waals surface area (Å²) in [7, 11) is 0. The van der Waals surface area contributed by atoms with Crippen molar-refractivity contribution in [3.8, 4) is 0 Å². The van der Waals surface area contributed by atoms with Crippen LogP contribution in [0.25, 0.3) is 11.0 Å². The van der Waals surface area contributed by atoms with E-state index in [1.165, 1.54) is 11.0 Å².